The first-order valence-electron chi connectivity index (χ1n) is 15.9. The molecular weight excluding hydrogens is 636 g/mol. The number of esters is 2. The lowest BCUT2D eigenvalue weighted by Gasteiger charge is -2.17. The molecule has 0 radical (unpaired) electrons. The molecule has 50 heavy (non-hydrogen) atoms. The molecule has 4 atom stereocenters. The van der Waals surface area contributed by atoms with Gasteiger partial charge in [-0.25, -0.2) is 9.59 Å². The lowest BCUT2D eigenvalue weighted by Crippen LogP contribution is -2.36. The summed E-state index contributed by atoms with van der Waals surface area (Å²) in [6.07, 6.45) is -0.216. The zero-order chi connectivity index (χ0) is 34.7. The molecule has 6 rings (SSSR count). The zero-order valence-corrected chi connectivity index (χ0v) is 26.8. The summed E-state index contributed by atoms with van der Waals surface area (Å²) in [7, 11) is 0. The first-order valence-corrected chi connectivity index (χ1v) is 15.9. The number of ether oxygens (including phenoxy) is 6. The van der Waals surface area contributed by atoms with Gasteiger partial charge in [0.15, 0.2) is 12.2 Å². The Kier molecular flexibility index (Phi) is 11.0. The van der Waals surface area contributed by atoms with E-state index in [0.717, 1.165) is 11.1 Å². The standard InChI is InChI=1S/C40H32N2O8/c41-21-31(19-27-11-15-33(16-12-27)45-23-29-7-3-1-4-8-29)39(43)49-35-25-47-38-36(26-48-37(35)38)50-40(44)32(22-42)20-28-13-17-34(18-14-28)46-24-30-9-5-2-6-10-30/h1-20,35-38H,23-26H2/b31-19+,32-20+/t35-,36?,37-,38-/m1/s1. The lowest BCUT2D eigenvalue weighted by atomic mass is 10.1. The number of nitriles is 2. The van der Waals surface area contributed by atoms with Crippen molar-refractivity contribution in [3.8, 4) is 23.6 Å². The van der Waals surface area contributed by atoms with Gasteiger partial charge < -0.3 is 28.4 Å². The third kappa shape index (κ3) is 8.63. The van der Waals surface area contributed by atoms with Gasteiger partial charge in [-0.2, -0.15) is 10.5 Å². The van der Waals surface area contributed by atoms with Crippen LogP contribution in [0, 0.1) is 22.7 Å². The second kappa shape index (κ2) is 16.3. The van der Waals surface area contributed by atoms with Crippen molar-refractivity contribution >= 4 is 24.1 Å². The Labute approximate surface area is 289 Å². The molecule has 250 valence electrons. The highest BCUT2D eigenvalue weighted by atomic mass is 16.7. The summed E-state index contributed by atoms with van der Waals surface area (Å²) >= 11 is 0. The number of carbonyl (C=O) groups is 2. The molecule has 2 aliphatic heterocycles. The maximum atomic E-state index is 12.9. The normalized spacial score (nSPS) is 19.8. The van der Waals surface area contributed by atoms with Gasteiger partial charge in [-0.15, -0.1) is 0 Å². The van der Waals surface area contributed by atoms with Crippen LogP contribution in [0.15, 0.2) is 120 Å². The van der Waals surface area contributed by atoms with E-state index >= 15 is 0 Å². The minimum Gasteiger partial charge on any atom is -0.489 e. The first-order chi connectivity index (χ1) is 24.5. The van der Waals surface area contributed by atoms with Crippen molar-refractivity contribution in [3.05, 3.63) is 143 Å². The van der Waals surface area contributed by atoms with Crippen molar-refractivity contribution in [1.82, 2.24) is 0 Å². The summed E-state index contributed by atoms with van der Waals surface area (Å²) in [5, 5.41) is 19.4. The number of nitrogens with zero attached hydrogens (tertiary/aromatic N) is 2. The Morgan fingerprint density at radius 3 is 1.34 bits per heavy atom. The van der Waals surface area contributed by atoms with Gasteiger partial charge in [-0.05, 0) is 58.7 Å². The largest absolute Gasteiger partial charge is 0.489 e. The van der Waals surface area contributed by atoms with E-state index in [-0.39, 0.29) is 24.4 Å². The van der Waals surface area contributed by atoms with E-state index in [1.807, 2.05) is 72.8 Å². The molecule has 0 amide bonds. The fourth-order valence-electron chi connectivity index (χ4n) is 5.44. The summed E-state index contributed by atoms with van der Waals surface area (Å²) in [5.74, 6) is -0.375. The van der Waals surface area contributed by atoms with Crippen molar-refractivity contribution in [2.24, 2.45) is 0 Å². The minimum atomic E-state index is -0.832. The van der Waals surface area contributed by atoms with Crippen LogP contribution in [0.4, 0.5) is 0 Å². The van der Waals surface area contributed by atoms with E-state index in [9.17, 15) is 20.1 Å². The Morgan fingerprint density at radius 1 is 0.600 bits per heavy atom. The number of rotatable bonds is 12. The lowest BCUT2D eigenvalue weighted by molar-refractivity contribution is -0.149. The first kappa shape index (κ1) is 33.7. The SMILES string of the molecule is N#C/C(=C\c1ccc(OCc2ccccc2)cc1)C(=O)OC1CO[C@H]2[C@@H]1OC[C@H]2OC(=O)/C(C#N)=C/c1ccc(OCc2ccccc2)cc1. The average molecular weight is 669 g/mol. The summed E-state index contributed by atoms with van der Waals surface area (Å²) in [6.45, 7) is 0.800. The van der Waals surface area contributed by atoms with E-state index in [1.54, 1.807) is 48.5 Å². The Balaban J connectivity index is 0.998. The van der Waals surface area contributed by atoms with Crippen molar-refractivity contribution < 1.29 is 38.0 Å². The van der Waals surface area contributed by atoms with Crippen molar-refractivity contribution in [2.45, 2.75) is 37.6 Å². The van der Waals surface area contributed by atoms with Crippen LogP contribution in [0.2, 0.25) is 0 Å². The highest BCUT2D eigenvalue weighted by Crippen LogP contribution is 2.32. The molecule has 1 unspecified atom stereocenters. The highest BCUT2D eigenvalue weighted by Gasteiger charge is 2.51. The second-order valence-corrected chi connectivity index (χ2v) is 11.5. The van der Waals surface area contributed by atoms with Gasteiger partial charge in [0, 0.05) is 0 Å². The average Bonchev–Trinajstić information content (AvgIpc) is 3.75. The molecular formula is C40H32N2O8. The molecule has 10 nitrogen and oxygen atoms in total. The van der Waals surface area contributed by atoms with Crippen LogP contribution < -0.4 is 9.47 Å². The Bertz CT molecular complexity index is 1790. The van der Waals surface area contributed by atoms with Gasteiger partial charge in [0.25, 0.3) is 0 Å². The molecule has 10 heteroatoms. The molecule has 2 aliphatic rings. The maximum Gasteiger partial charge on any atom is 0.349 e. The topological polar surface area (TPSA) is 137 Å². The second-order valence-electron chi connectivity index (χ2n) is 11.5. The van der Waals surface area contributed by atoms with E-state index < -0.39 is 36.4 Å². The molecule has 0 bridgehead atoms. The number of hydrogen-bond acceptors (Lipinski definition) is 10. The molecule has 0 aliphatic carbocycles. The van der Waals surface area contributed by atoms with Gasteiger partial charge in [0.1, 0.15) is 60.2 Å². The van der Waals surface area contributed by atoms with E-state index in [4.69, 9.17) is 28.4 Å². The Morgan fingerprint density at radius 2 is 0.980 bits per heavy atom. The molecule has 2 fully saturated rings. The minimum absolute atomic E-state index is 0.0130. The predicted octanol–water partition coefficient (Wildman–Crippen LogP) is 5.98. The summed E-state index contributed by atoms with van der Waals surface area (Å²) in [6, 6.07) is 37.3. The van der Waals surface area contributed by atoms with Gasteiger partial charge in [0.2, 0.25) is 0 Å². The van der Waals surface area contributed by atoms with Crippen molar-refractivity contribution in [2.75, 3.05) is 13.2 Å². The van der Waals surface area contributed by atoms with Gasteiger partial charge in [0.05, 0.1) is 13.2 Å². The quantitative estimate of drug-likeness (QED) is 0.101. The third-order valence-electron chi connectivity index (χ3n) is 8.04. The molecule has 4 aromatic carbocycles. The predicted molar refractivity (Wildman–Crippen MR) is 181 cm³/mol. The van der Waals surface area contributed by atoms with Crippen molar-refractivity contribution in [3.63, 3.8) is 0 Å². The van der Waals surface area contributed by atoms with Crippen LogP contribution in [-0.4, -0.2) is 49.6 Å². The van der Waals surface area contributed by atoms with E-state index in [0.29, 0.717) is 35.8 Å². The van der Waals surface area contributed by atoms with Crippen LogP contribution in [-0.2, 0) is 41.8 Å². The zero-order valence-electron chi connectivity index (χ0n) is 26.8. The smallest absolute Gasteiger partial charge is 0.349 e. The van der Waals surface area contributed by atoms with Crippen LogP contribution in [0.3, 0.4) is 0 Å². The number of carbonyl (C=O) groups excluding carboxylic acids is 2. The molecule has 0 N–H and O–H groups in total. The number of fused-ring (bicyclic) bond motifs is 1. The molecule has 0 aromatic heterocycles. The molecule has 0 saturated carbocycles. The fourth-order valence-corrected chi connectivity index (χ4v) is 5.44. The highest BCUT2D eigenvalue weighted by molar-refractivity contribution is 5.98. The fraction of sp³-hybridized carbons (Fsp3) is 0.200. The molecule has 4 aromatic rings. The van der Waals surface area contributed by atoms with Crippen LogP contribution in [0.25, 0.3) is 12.2 Å². The van der Waals surface area contributed by atoms with Crippen molar-refractivity contribution in [1.29, 1.82) is 10.5 Å². The monoisotopic (exact) mass is 668 g/mol. The summed E-state index contributed by atoms with van der Waals surface area (Å²) in [5.41, 5.74) is 2.89. The van der Waals surface area contributed by atoms with Gasteiger partial charge in [-0.1, -0.05) is 84.9 Å². The van der Waals surface area contributed by atoms with Gasteiger partial charge >= 0.3 is 11.9 Å². The summed E-state index contributed by atoms with van der Waals surface area (Å²) in [4.78, 5) is 25.9. The van der Waals surface area contributed by atoms with Gasteiger partial charge in [-0.3, -0.25) is 0 Å². The summed E-state index contributed by atoms with van der Waals surface area (Å²) < 4.78 is 34.4. The van der Waals surface area contributed by atoms with Crippen LogP contribution in [0.1, 0.15) is 22.3 Å². The number of hydrogen-bond donors (Lipinski definition) is 0. The van der Waals surface area contributed by atoms with Crippen LogP contribution in [0.5, 0.6) is 11.5 Å². The van der Waals surface area contributed by atoms with E-state index in [2.05, 4.69) is 0 Å². The van der Waals surface area contributed by atoms with Crippen LogP contribution >= 0.6 is 0 Å². The number of benzene rings is 4. The molecule has 0 spiro atoms. The third-order valence-corrected chi connectivity index (χ3v) is 8.04. The molecule has 2 heterocycles. The molecule has 2 saturated heterocycles. The Hall–Kier alpha value is -6.20. The maximum absolute atomic E-state index is 12.9. The van der Waals surface area contributed by atoms with E-state index in [1.165, 1.54) is 12.2 Å².